The summed E-state index contributed by atoms with van der Waals surface area (Å²) in [6.45, 7) is 0. The Labute approximate surface area is 122 Å². The van der Waals surface area contributed by atoms with Crippen LogP contribution in [-0.4, -0.2) is 26.1 Å². The second kappa shape index (κ2) is 4.69. The zero-order chi connectivity index (χ0) is 14.4. The van der Waals surface area contributed by atoms with Crippen LogP contribution in [0.5, 0.6) is 0 Å². The van der Waals surface area contributed by atoms with Gasteiger partial charge < -0.3 is 5.11 Å². The molecule has 1 aromatic carbocycles. The number of hydrogen-bond donors (Lipinski definition) is 1. The van der Waals surface area contributed by atoms with Crippen molar-refractivity contribution < 1.29 is 9.90 Å². The quantitative estimate of drug-likeness (QED) is 0.940. The molecule has 0 unspecified atom stereocenters. The molecule has 5 heteroatoms. The first-order valence-electron chi connectivity index (χ1n) is 7.55. The first kappa shape index (κ1) is 12.6. The van der Waals surface area contributed by atoms with E-state index in [4.69, 9.17) is 0 Å². The van der Waals surface area contributed by atoms with E-state index in [2.05, 4.69) is 16.4 Å². The predicted octanol–water partition coefficient (Wildman–Crippen LogP) is 2.72. The Hall–Kier alpha value is -2.17. The minimum atomic E-state index is -0.979. The van der Waals surface area contributed by atoms with Gasteiger partial charge in [-0.2, -0.15) is 0 Å². The van der Waals surface area contributed by atoms with Gasteiger partial charge >= 0.3 is 5.97 Å². The zero-order valence-electron chi connectivity index (χ0n) is 11.7. The molecule has 2 aliphatic carbocycles. The summed E-state index contributed by atoms with van der Waals surface area (Å²) < 4.78 is 1.78. The standard InChI is InChI=1S/C16H17N3O2/c20-16(21)14-15(11-8-9-11)19(18-17-14)13-7-3-5-10-4-1-2-6-12(10)13/h3,5,7,11H,1-2,4,6,8-9H2,(H,20,21). The van der Waals surface area contributed by atoms with Crippen molar-refractivity contribution in [2.75, 3.05) is 0 Å². The first-order valence-corrected chi connectivity index (χ1v) is 7.55. The summed E-state index contributed by atoms with van der Waals surface area (Å²) in [6.07, 6.45) is 6.61. The van der Waals surface area contributed by atoms with Crippen LogP contribution in [0.3, 0.4) is 0 Å². The first-order chi connectivity index (χ1) is 10.3. The maximum atomic E-state index is 11.4. The van der Waals surface area contributed by atoms with Crippen molar-refractivity contribution in [3.8, 4) is 5.69 Å². The summed E-state index contributed by atoms with van der Waals surface area (Å²) in [4.78, 5) is 11.4. The summed E-state index contributed by atoms with van der Waals surface area (Å²) in [7, 11) is 0. The largest absolute Gasteiger partial charge is 0.476 e. The molecule has 21 heavy (non-hydrogen) atoms. The molecule has 0 radical (unpaired) electrons. The topological polar surface area (TPSA) is 68.0 Å². The third-order valence-corrected chi connectivity index (χ3v) is 4.47. The van der Waals surface area contributed by atoms with Crippen LogP contribution in [0.25, 0.3) is 5.69 Å². The maximum absolute atomic E-state index is 11.4. The van der Waals surface area contributed by atoms with Crippen LogP contribution in [-0.2, 0) is 12.8 Å². The number of rotatable bonds is 3. The van der Waals surface area contributed by atoms with Crippen LogP contribution in [0, 0.1) is 0 Å². The lowest BCUT2D eigenvalue weighted by atomic mass is 9.90. The van der Waals surface area contributed by atoms with E-state index in [1.165, 1.54) is 24.0 Å². The molecule has 0 saturated heterocycles. The highest BCUT2D eigenvalue weighted by molar-refractivity contribution is 5.87. The number of benzene rings is 1. The van der Waals surface area contributed by atoms with Crippen molar-refractivity contribution in [2.45, 2.75) is 44.4 Å². The molecule has 0 aliphatic heterocycles. The molecular formula is C16H17N3O2. The average Bonchev–Trinajstić information content (AvgIpc) is 3.25. The monoisotopic (exact) mass is 283 g/mol. The molecule has 1 aromatic heterocycles. The summed E-state index contributed by atoms with van der Waals surface area (Å²) in [5.41, 5.74) is 4.60. The number of aryl methyl sites for hydroxylation is 1. The van der Waals surface area contributed by atoms with Gasteiger partial charge in [0.25, 0.3) is 0 Å². The van der Waals surface area contributed by atoms with Gasteiger partial charge in [0.05, 0.1) is 11.4 Å². The third kappa shape index (κ3) is 2.04. The Morgan fingerprint density at radius 1 is 1.24 bits per heavy atom. The molecule has 1 N–H and O–H groups in total. The molecule has 1 heterocycles. The Morgan fingerprint density at radius 3 is 2.81 bits per heavy atom. The summed E-state index contributed by atoms with van der Waals surface area (Å²) in [6, 6.07) is 6.25. The molecule has 0 atom stereocenters. The molecule has 5 nitrogen and oxygen atoms in total. The van der Waals surface area contributed by atoms with Crippen molar-refractivity contribution >= 4 is 5.97 Å². The van der Waals surface area contributed by atoms with Crippen molar-refractivity contribution in [1.29, 1.82) is 0 Å². The number of carboxylic acids is 1. The Kier molecular flexibility index (Phi) is 2.80. The van der Waals surface area contributed by atoms with E-state index in [9.17, 15) is 9.90 Å². The molecule has 0 amide bonds. The van der Waals surface area contributed by atoms with Gasteiger partial charge in [-0.25, -0.2) is 9.48 Å². The fourth-order valence-corrected chi connectivity index (χ4v) is 3.30. The average molecular weight is 283 g/mol. The van der Waals surface area contributed by atoms with E-state index in [0.29, 0.717) is 5.92 Å². The van der Waals surface area contributed by atoms with Crippen molar-refractivity contribution in [1.82, 2.24) is 15.0 Å². The number of aromatic carboxylic acids is 1. The van der Waals surface area contributed by atoms with E-state index in [0.717, 1.165) is 37.1 Å². The second-order valence-corrected chi connectivity index (χ2v) is 5.94. The van der Waals surface area contributed by atoms with Gasteiger partial charge in [0.1, 0.15) is 0 Å². The van der Waals surface area contributed by atoms with E-state index < -0.39 is 5.97 Å². The molecule has 2 aromatic rings. The van der Waals surface area contributed by atoms with Crippen molar-refractivity contribution in [2.24, 2.45) is 0 Å². The van der Waals surface area contributed by atoms with Gasteiger partial charge in [-0.05, 0) is 55.7 Å². The number of carboxylic acid groups (broad SMARTS) is 1. The SMILES string of the molecule is O=C(O)c1nnn(-c2cccc3c2CCCC3)c1C1CC1. The van der Waals surface area contributed by atoms with Crippen LogP contribution < -0.4 is 0 Å². The number of fused-ring (bicyclic) bond motifs is 1. The predicted molar refractivity (Wildman–Crippen MR) is 76.9 cm³/mol. The van der Waals surface area contributed by atoms with E-state index in [1.54, 1.807) is 4.68 Å². The number of hydrogen-bond acceptors (Lipinski definition) is 3. The normalized spacial score (nSPS) is 17.5. The lowest BCUT2D eigenvalue weighted by molar-refractivity contribution is 0.0689. The second-order valence-electron chi connectivity index (χ2n) is 5.94. The third-order valence-electron chi connectivity index (χ3n) is 4.47. The highest BCUT2D eigenvalue weighted by Gasteiger charge is 2.34. The van der Waals surface area contributed by atoms with E-state index in [-0.39, 0.29) is 5.69 Å². The maximum Gasteiger partial charge on any atom is 0.358 e. The lowest BCUT2D eigenvalue weighted by Crippen LogP contribution is -2.11. The number of nitrogens with zero attached hydrogens (tertiary/aromatic N) is 3. The van der Waals surface area contributed by atoms with Crippen molar-refractivity contribution in [3.05, 3.63) is 40.7 Å². The molecule has 1 fully saturated rings. The fraction of sp³-hybridized carbons (Fsp3) is 0.438. The summed E-state index contributed by atoms with van der Waals surface area (Å²) in [5, 5.41) is 17.4. The summed E-state index contributed by atoms with van der Waals surface area (Å²) in [5.74, 6) is -0.682. The Morgan fingerprint density at radius 2 is 2.05 bits per heavy atom. The summed E-state index contributed by atoms with van der Waals surface area (Å²) >= 11 is 0. The molecule has 0 spiro atoms. The van der Waals surface area contributed by atoms with Crippen LogP contribution >= 0.6 is 0 Å². The van der Waals surface area contributed by atoms with Gasteiger partial charge in [-0.1, -0.05) is 17.3 Å². The lowest BCUT2D eigenvalue weighted by Gasteiger charge is -2.19. The molecular weight excluding hydrogens is 266 g/mol. The minimum Gasteiger partial charge on any atom is -0.476 e. The zero-order valence-corrected chi connectivity index (χ0v) is 11.7. The Bertz CT molecular complexity index is 716. The number of carbonyl (C=O) groups is 1. The van der Waals surface area contributed by atoms with Gasteiger partial charge in [0.2, 0.25) is 0 Å². The van der Waals surface area contributed by atoms with E-state index >= 15 is 0 Å². The number of aromatic nitrogens is 3. The smallest absolute Gasteiger partial charge is 0.358 e. The molecule has 0 bridgehead atoms. The Balaban J connectivity index is 1.89. The van der Waals surface area contributed by atoms with Crippen molar-refractivity contribution in [3.63, 3.8) is 0 Å². The van der Waals surface area contributed by atoms with Crippen LogP contribution in [0.15, 0.2) is 18.2 Å². The van der Waals surface area contributed by atoms with Gasteiger partial charge in [-0.3, -0.25) is 0 Å². The van der Waals surface area contributed by atoms with Crippen LogP contribution in [0.2, 0.25) is 0 Å². The van der Waals surface area contributed by atoms with Gasteiger partial charge in [-0.15, -0.1) is 5.10 Å². The molecule has 2 aliphatic rings. The molecule has 4 rings (SSSR count). The van der Waals surface area contributed by atoms with Crippen LogP contribution in [0.1, 0.15) is 58.9 Å². The minimum absolute atomic E-state index is 0.117. The van der Waals surface area contributed by atoms with Gasteiger partial charge in [0, 0.05) is 5.92 Å². The highest BCUT2D eigenvalue weighted by Crippen LogP contribution is 2.42. The highest BCUT2D eigenvalue weighted by atomic mass is 16.4. The molecule has 108 valence electrons. The fourth-order valence-electron chi connectivity index (χ4n) is 3.30. The van der Waals surface area contributed by atoms with E-state index in [1.807, 2.05) is 12.1 Å². The molecule has 1 saturated carbocycles. The van der Waals surface area contributed by atoms with Gasteiger partial charge in [0.15, 0.2) is 5.69 Å². The van der Waals surface area contributed by atoms with Crippen LogP contribution in [0.4, 0.5) is 0 Å².